The average molecular weight is 375 g/mol. The quantitative estimate of drug-likeness (QED) is 0.660. The highest BCUT2D eigenvalue weighted by molar-refractivity contribution is 6.09. The zero-order valence-corrected chi connectivity index (χ0v) is 16.1. The van der Waals surface area contributed by atoms with Crippen LogP contribution in [0.2, 0.25) is 0 Å². The Kier molecular flexibility index (Phi) is 5.31. The van der Waals surface area contributed by atoms with Crippen molar-refractivity contribution in [3.05, 3.63) is 71.8 Å². The molecule has 1 aliphatic rings. The molecule has 4 nitrogen and oxygen atoms in total. The van der Waals surface area contributed by atoms with Crippen molar-refractivity contribution in [3.8, 4) is 11.5 Å². The molecular weight excluding hydrogens is 350 g/mol. The van der Waals surface area contributed by atoms with E-state index in [4.69, 9.17) is 4.74 Å². The first-order chi connectivity index (χ1) is 13.7. The Hall–Kier alpha value is -2.85. The molecule has 1 heterocycles. The van der Waals surface area contributed by atoms with Gasteiger partial charge in [0.25, 0.3) is 0 Å². The van der Waals surface area contributed by atoms with E-state index in [1.54, 1.807) is 13.2 Å². The number of phenolic OH excluding ortho intramolecular Hbond substituents is 1. The molecule has 0 radical (unpaired) electrons. The summed E-state index contributed by atoms with van der Waals surface area (Å²) >= 11 is 0. The molecule has 0 aromatic heterocycles. The van der Waals surface area contributed by atoms with E-state index in [2.05, 4.69) is 17.0 Å². The van der Waals surface area contributed by atoms with Gasteiger partial charge >= 0.3 is 0 Å². The van der Waals surface area contributed by atoms with Crippen molar-refractivity contribution in [1.29, 1.82) is 0 Å². The molecule has 4 rings (SSSR count). The van der Waals surface area contributed by atoms with Crippen molar-refractivity contribution in [2.75, 3.05) is 20.2 Å². The van der Waals surface area contributed by atoms with E-state index >= 15 is 0 Å². The van der Waals surface area contributed by atoms with Crippen LogP contribution < -0.4 is 4.74 Å². The number of hydrogen-bond acceptors (Lipinski definition) is 4. The molecule has 1 atom stereocenters. The smallest absolute Gasteiger partial charge is 0.167 e. The van der Waals surface area contributed by atoms with Crippen molar-refractivity contribution < 1.29 is 14.6 Å². The minimum atomic E-state index is 0.0126. The zero-order valence-electron chi connectivity index (χ0n) is 16.1. The number of piperidine rings is 1. The van der Waals surface area contributed by atoms with Gasteiger partial charge in [-0.25, -0.2) is 0 Å². The van der Waals surface area contributed by atoms with E-state index in [0.717, 1.165) is 54.4 Å². The number of carbonyl (C=O) groups excluding carboxylic acids is 1. The van der Waals surface area contributed by atoms with E-state index < -0.39 is 0 Å². The minimum Gasteiger partial charge on any atom is -0.504 e. The number of Topliss-reactive ketones (excluding diaryl/α,β-unsaturated/α-hetero) is 1. The SMILES string of the molecule is COc1cc(CN2CCCC(C(=O)c3cccc4ccccc34)C2)ccc1O. The standard InChI is InChI=1S/C24H25NO3/c1-28-23-14-17(11-12-22(23)26)15-25-13-5-8-19(16-25)24(27)21-10-4-7-18-6-2-3-9-20(18)21/h2-4,6-7,9-12,14,19,26H,5,8,13,15-16H2,1H3. The highest BCUT2D eigenvalue weighted by Crippen LogP contribution is 2.29. The van der Waals surface area contributed by atoms with Gasteiger partial charge in [-0.1, -0.05) is 48.5 Å². The number of ether oxygens (including phenoxy) is 1. The Morgan fingerprint density at radius 1 is 1.14 bits per heavy atom. The second kappa shape index (κ2) is 8.03. The molecule has 3 aromatic carbocycles. The first kappa shape index (κ1) is 18.5. The Labute approximate surface area is 165 Å². The number of phenols is 1. The number of fused-ring (bicyclic) bond motifs is 1. The number of likely N-dealkylation sites (tertiary alicyclic amines) is 1. The van der Waals surface area contributed by atoms with Crippen LogP contribution in [0, 0.1) is 5.92 Å². The van der Waals surface area contributed by atoms with Crippen LogP contribution in [-0.2, 0) is 6.54 Å². The predicted molar refractivity (Wildman–Crippen MR) is 111 cm³/mol. The van der Waals surface area contributed by atoms with Crippen LogP contribution in [0.1, 0.15) is 28.8 Å². The summed E-state index contributed by atoms with van der Waals surface area (Å²) < 4.78 is 5.21. The molecule has 1 saturated heterocycles. The monoisotopic (exact) mass is 375 g/mol. The molecule has 1 fully saturated rings. The van der Waals surface area contributed by atoms with Gasteiger partial charge in [-0.15, -0.1) is 0 Å². The summed E-state index contributed by atoms with van der Waals surface area (Å²) in [6.07, 6.45) is 1.94. The van der Waals surface area contributed by atoms with Gasteiger partial charge in [0, 0.05) is 24.6 Å². The Morgan fingerprint density at radius 3 is 2.82 bits per heavy atom. The Morgan fingerprint density at radius 2 is 1.96 bits per heavy atom. The molecule has 144 valence electrons. The molecule has 1 aliphatic heterocycles. The van der Waals surface area contributed by atoms with Crippen molar-refractivity contribution in [3.63, 3.8) is 0 Å². The maximum absolute atomic E-state index is 13.3. The van der Waals surface area contributed by atoms with Gasteiger partial charge in [-0.05, 0) is 47.9 Å². The third-order valence-corrected chi connectivity index (χ3v) is 5.58. The van der Waals surface area contributed by atoms with Crippen LogP contribution in [0.5, 0.6) is 11.5 Å². The van der Waals surface area contributed by atoms with Gasteiger partial charge in [0.2, 0.25) is 0 Å². The summed E-state index contributed by atoms with van der Waals surface area (Å²) in [5.41, 5.74) is 1.91. The third kappa shape index (κ3) is 3.73. The number of benzene rings is 3. The molecule has 0 bridgehead atoms. The molecule has 3 aromatic rings. The van der Waals surface area contributed by atoms with Crippen LogP contribution in [0.4, 0.5) is 0 Å². The number of nitrogens with zero attached hydrogens (tertiary/aromatic N) is 1. The lowest BCUT2D eigenvalue weighted by Gasteiger charge is -2.32. The van der Waals surface area contributed by atoms with Gasteiger partial charge < -0.3 is 9.84 Å². The molecule has 0 aliphatic carbocycles. The third-order valence-electron chi connectivity index (χ3n) is 5.58. The van der Waals surface area contributed by atoms with E-state index in [-0.39, 0.29) is 17.5 Å². The second-order valence-corrected chi connectivity index (χ2v) is 7.47. The number of methoxy groups -OCH3 is 1. The fraction of sp³-hybridized carbons (Fsp3) is 0.292. The number of carbonyl (C=O) groups is 1. The normalized spacial score (nSPS) is 17.5. The number of aromatic hydroxyl groups is 1. The van der Waals surface area contributed by atoms with Gasteiger partial charge in [-0.3, -0.25) is 9.69 Å². The first-order valence-corrected chi connectivity index (χ1v) is 9.76. The molecule has 0 spiro atoms. The Balaban J connectivity index is 1.51. The fourth-order valence-electron chi connectivity index (χ4n) is 4.15. The summed E-state index contributed by atoms with van der Waals surface area (Å²) in [5, 5.41) is 11.9. The molecular formula is C24H25NO3. The van der Waals surface area contributed by atoms with Crippen LogP contribution >= 0.6 is 0 Å². The van der Waals surface area contributed by atoms with Crippen LogP contribution in [-0.4, -0.2) is 36.0 Å². The fourth-order valence-corrected chi connectivity index (χ4v) is 4.15. The maximum atomic E-state index is 13.3. The maximum Gasteiger partial charge on any atom is 0.167 e. The highest BCUT2D eigenvalue weighted by Gasteiger charge is 2.27. The largest absolute Gasteiger partial charge is 0.504 e. The molecule has 1 unspecified atom stereocenters. The highest BCUT2D eigenvalue weighted by atomic mass is 16.5. The van der Waals surface area contributed by atoms with Crippen molar-refractivity contribution in [2.24, 2.45) is 5.92 Å². The minimum absolute atomic E-state index is 0.0126. The van der Waals surface area contributed by atoms with Crippen molar-refractivity contribution in [1.82, 2.24) is 4.90 Å². The van der Waals surface area contributed by atoms with Crippen LogP contribution in [0.3, 0.4) is 0 Å². The lowest BCUT2D eigenvalue weighted by molar-refractivity contribution is 0.0813. The summed E-state index contributed by atoms with van der Waals surface area (Å²) in [7, 11) is 1.55. The molecule has 0 saturated carbocycles. The van der Waals surface area contributed by atoms with E-state index in [1.165, 1.54) is 0 Å². The molecule has 1 N–H and O–H groups in total. The van der Waals surface area contributed by atoms with Gasteiger partial charge in [0.05, 0.1) is 7.11 Å². The summed E-state index contributed by atoms with van der Waals surface area (Å²) in [6, 6.07) is 19.5. The van der Waals surface area contributed by atoms with Crippen LogP contribution in [0.15, 0.2) is 60.7 Å². The second-order valence-electron chi connectivity index (χ2n) is 7.47. The molecule has 4 heteroatoms. The average Bonchev–Trinajstić information content (AvgIpc) is 2.74. The number of ketones is 1. The van der Waals surface area contributed by atoms with Gasteiger partial charge in [0.15, 0.2) is 17.3 Å². The van der Waals surface area contributed by atoms with Gasteiger partial charge in [0.1, 0.15) is 0 Å². The van der Waals surface area contributed by atoms with Crippen LogP contribution in [0.25, 0.3) is 10.8 Å². The summed E-state index contributed by atoms with van der Waals surface area (Å²) in [5.74, 6) is 0.884. The summed E-state index contributed by atoms with van der Waals surface area (Å²) in [4.78, 5) is 15.6. The van der Waals surface area contributed by atoms with Gasteiger partial charge in [-0.2, -0.15) is 0 Å². The molecule has 0 amide bonds. The predicted octanol–water partition coefficient (Wildman–Crippen LogP) is 4.65. The number of rotatable bonds is 5. The molecule has 28 heavy (non-hydrogen) atoms. The van der Waals surface area contributed by atoms with E-state index in [9.17, 15) is 9.90 Å². The van der Waals surface area contributed by atoms with E-state index in [1.807, 2.05) is 42.5 Å². The lowest BCUT2D eigenvalue weighted by Crippen LogP contribution is -2.38. The topological polar surface area (TPSA) is 49.8 Å². The van der Waals surface area contributed by atoms with Crippen molar-refractivity contribution >= 4 is 16.6 Å². The number of hydrogen-bond donors (Lipinski definition) is 1. The van der Waals surface area contributed by atoms with Crippen molar-refractivity contribution in [2.45, 2.75) is 19.4 Å². The van der Waals surface area contributed by atoms with E-state index in [0.29, 0.717) is 5.75 Å². The first-order valence-electron chi connectivity index (χ1n) is 9.76. The Bertz CT molecular complexity index is 993. The lowest BCUT2D eigenvalue weighted by atomic mass is 9.88. The summed E-state index contributed by atoms with van der Waals surface area (Å²) in [6.45, 7) is 2.48. The zero-order chi connectivity index (χ0) is 19.5.